The molecule has 0 bridgehead atoms. The predicted molar refractivity (Wildman–Crippen MR) is 139 cm³/mol. The summed E-state index contributed by atoms with van der Waals surface area (Å²) in [4.78, 5) is 13.2. The molecule has 0 radical (unpaired) electrons. The lowest BCUT2D eigenvalue weighted by atomic mass is 10.0. The molecule has 0 saturated heterocycles. The predicted octanol–water partition coefficient (Wildman–Crippen LogP) is 5.93. The number of sulfone groups is 1. The molecule has 5 rings (SSSR count). The highest BCUT2D eigenvalue weighted by Crippen LogP contribution is 2.30. The highest BCUT2D eigenvalue weighted by Gasteiger charge is 2.19. The van der Waals surface area contributed by atoms with Crippen molar-refractivity contribution in [2.24, 2.45) is 0 Å². The van der Waals surface area contributed by atoms with Crippen LogP contribution in [0, 0.1) is 18.6 Å². The van der Waals surface area contributed by atoms with Crippen molar-refractivity contribution in [2.45, 2.75) is 11.8 Å². The van der Waals surface area contributed by atoms with Crippen LogP contribution in [0.15, 0.2) is 89.8 Å². The van der Waals surface area contributed by atoms with Gasteiger partial charge in [0, 0.05) is 11.8 Å². The summed E-state index contributed by atoms with van der Waals surface area (Å²) < 4.78 is 54.3. The van der Waals surface area contributed by atoms with Gasteiger partial charge in [-0.25, -0.2) is 21.9 Å². The number of aromatic nitrogens is 2. The number of carbonyl (C=O) groups excluding carboxylic acids is 1. The van der Waals surface area contributed by atoms with E-state index in [-0.39, 0.29) is 22.1 Å². The van der Waals surface area contributed by atoms with Gasteiger partial charge in [0.15, 0.2) is 9.84 Å². The van der Waals surface area contributed by atoms with Gasteiger partial charge in [0.1, 0.15) is 17.3 Å². The second kappa shape index (κ2) is 9.25. The van der Waals surface area contributed by atoms with Gasteiger partial charge in [-0.05, 0) is 71.8 Å². The summed E-state index contributed by atoms with van der Waals surface area (Å²) >= 11 is 0. The first kappa shape index (κ1) is 24.3. The first-order valence-electron chi connectivity index (χ1n) is 11.3. The summed E-state index contributed by atoms with van der Waals surface area (Å²) in [5.74, 6) is -1.64. The minimum atomic E-state index is -3.52. The summed E-state index contributed by atoms with van der Waals surface area (Å²) in [5, 5.41) is 8.46. The van der Waals surface area contributed by atoms with Gasteiger partial charge in [-0.2, -0.15) is 5.10 Å². The Morgan fingerprint density at radius 3 is 2.38 bits per heavy atom. The molecule has 9 heteroatoms. The Bertz CT molecular complexity index is 1800. The van der Waals surface area contributed by atoms with Crippen molar-refractivity contribution in [2.75, 3.05) is 11.6 Å². The van der Waals surface area contributed by atoms with Gasteiger partial charge < -0.3 is 5.32 Å². The molecular formula is C28H21F2N3O3S. The van der Waals surface area contributed by atoms with E-state index in [1.54, 1.807) is 61.5 Å². The summed E-state index contributed by atoms with van der Waals surface area (Å²) in [7, 11) is -3.52. The van der Waals surface area contributed by atoms with Crippen LogP contribution >= 0.6 is 0 Å². The van der Waals surface area contributed by atoms with E-state index in [9.17, 15) is 17.6 Å². The third kappa shape index (κ3) is 4.85. The molecule has 0 aliphatic carbocycles. The van der Waals surface area contributed by atoms with Gasteiger partial charge in [-0.1, -0.05) is 36.4 Å². The second-order valence-electron chi connectivity index (χ2n) is 8.68. The van der Waals surface area contributed by atoms with Crippen LogP contribution < -0.4 is 5.32 Å². The number of aryl methyl sites for hydroxylation is 1. The van der Waals surface area contributed by atoms with Crippen LogP contribution in [0.1, 0.15) is 16.2 Å². The van der Waals surface area contributed by atoms with E-state index < -0.39 is 21.6 Å². The zero-order chi connectivity index (χ0) is 26.3. The van der Waals surface area contributed by atoms with Crippen LogP contribution in [0.3, 0.4) is 0 Å². The molecule has 0 unspecified atom stereocenters. The Kier molecular flexibility index (Phi) is 6.08. The largest absolute Gasteiger partial charge is 0.318 e. The van der Waals surface area contributed by atoms with Gasteiger partial charge >= 0.3 is 0 Å². The average molecular weight is 518 g/mol. The number of hydrogen-bond donors (Lipinski definition) is 1. The number of nitrogens with one attached hydrogen (secondary N) is 1. The SMILES string of the molecule is Cc1cc(C(=O)Nc2ccc(-c3ccccc3S(C)(=O)=O)cc2F)n(-c2ccc3cc(F)ccc3c2)n1. The van der Waals surface area contributed by atoms with Crippen molar-refractivity contribution >= 4 is 32.2 Å². The molecule has 4 aromatic carbocycles. The zero-order valence-electron chi connectivity index (χ0n) is 19.9. The van der Waals surface area contributed by atoms with Crippen LogP contribution in [-0.2, 0) is 9.84 Å². The Labute approximate surface area is 212 Å². The minimum absolute atomic E-state index is 0.0648. The quantitative estimate of drug-likeness (QED) is 0.313. The average Bonchev–Trinajstić information content (AvgIpc) is 3.26. The number of anilines is 1. The standard InChI is InChI=1S/C28H21F2N3O3S/c1-17-13-26(33(32-17)22-11-8-18-14-21(29)10-7-19(18)15-22)28(34)31-25-12-9-20(16-24(25)30)23-5-3-4-6-27(23)37(2,35)36/h3-16H,1-2H3,(H,31,34). The first-order chi connectivity index (χ1) is 17.6. The smallest absolute Gasteiger partial charge is 0.274 e. The summed E-state index contributed by atoms with van der Waals surface area (Å²) in [6.45, 7) is 1.73. The lowest BCUT2D eigenvalue weighted by Crippen LogP contribution is -2.17. The lowest BCUT2D eigenvalue weighted by Gasteiger charge is -2.12. The number of amides is 1. The van der Waals surface area contributed by atoms with E-state index in [0.29, 0.717) is 27.9 Å². The normalized spacial score (nSPS) is 11.6. The van der Waals surface area contributed by atoms with Crippen LogP contribution in [0.2, 0.25) is 0 Å². The number of carbonyl (C=O) groups is 1. The van der Waals surface area contributed by atoms with E-state index >= 15 is 4.39 Å². The summed E-state index contributed by atoms with van der Waals surface area (Å²) in [5.41, 5.74) is 2.02. The molecule has 5 aromatic rings. The maximum absolute atomic E-state index is 15.1. The number of benzene rings is 4. The fraction of sp³-hybridized carbons (Fsp3) is 0.0714. The molecule has 0 spiro atoms. The second-order valence-corrected chi connectivity index (χ2v) is 10.7. The number of halogens is 2. The van der Waals surface area contributed by atoms with Crippen LogP contribution in [0.5, 0.6) is 0 Å². The topological polar surface area (TPSA) is 81.1 Å². The molecule has 0 aliphatic rings. The Hall–Kier alpha value is -4.37. The fourth-order valence-corrected chi connectivity index (χ4v) is 5.10. The van der Waals surface area contributed by atoms with E-state index in [1.165, 1.54) is 35.0 Å². The van der Waals surface area contributed by atoms with Crippen molar-refractivity contribution in [3.05, 3.63) is 108 Å². The van der Waals surface area contributed by atoms with Crippen LogP contribution in [0.25, 0.3) is 27.6 Å². The van der Waals surface area contributed by atoms with Crippen molar-refractivity contribution < 1.29 is 22.0 Å². The fourth-order valence-electron chi connectivity index (χ4n) is 4.19. The molecular weight excluding hydrogens is 496 g/mol. The highest BCUT2D eigenvalue weighted by atomic mass is 32.2. The maximum atomic E-state index is 15.1. The minimum Gasteiger partial charge on any atom is -0.318 e. The van der Waals surface area contributed by atoms with Gasteiger partial charge in [-0.3, -0.25) is 4.79 Å². The van der Waals surface area contributed by atoms with E-state index in [4.69, 9.17) is 0 Å². The Morgan fingerprint density at radius 1 is 0.892 bits per heavy atom. The Balaban J connectivity index is 1.46. The molecule has 1 aromatic heterocycles. The first-order valence-corrected chi connectivity index (χ1v) is 13.2. The monoisotopic (exact) mass is 517 g/mol. The lowest BCUT2D eigenvalue weighted by molar-refractivity contribution is 0.101. The molecule has 0 saturated carbocycles. The number of fused-ring (bicyclic) bond motifs is 1. The van der Waals surface area contributed by atoms with E-state index in [1.807, 2.05) is 0 Å². The number of rotatable bonds is 5. The third-order valence-electron chi connectivity index (χ3n) is 5.91. The molecule has 1 amide bonds. The molecule has 0 atom stereocenters. The van der Waals surface area contributed by atoms with Crippen molar-refractivity contribution in [3.63, 3.8) is 0 Å². The molecule has 1 heterocycles. The van der Waals surface area contributed by atoms with Crippen molar-refractivity contribution in [1.29, 1.82) is 0 Å². The van der Waals surface area contributed by atoms with Crippen molar-refractivity contribution in [1.82, 2.24) is 9.78 Å². The molecule has 37 heavy (non-hydrogen) atoms. The highest BCUT2D eigenvalue weighted by molar-refractivity contribution is 7.90. The molecule has 0 fully saturated rings. The van der Waals surface area contributed by atoms with Gasteiger partial charge in [0.05, 0.1) is 22.0 Å². The molecule has 1 N–H and O–H groups in total. The third-order valence-corrected chi connectivity index (χ3v) is 7.06. The maximum Gasteiger partial charge on any atom is 0.274 e. The Morgan fingerprint density at radius 2 is 1.62 bits per heavy atom. The molecule has 0 aliphatic heterocycles. The van der Waals surface area contributed by atoms with E-state index in [0.717, 1.165) is 11.6 Å². The summed E-state index contributed by atoms with van der Waals surface area (Å²) in [6.07, 6.45) is 1.09. The molecule has 6 nitrogen and oxygen atoms in total. The zero-order valence-corrected chi connectivity index (χ0v) is 20.7. The number of hydrogen-bond acceptors (Lipinski definition) is 4. The van der Waals surface area contributed by atoms with Gasteiger partial charge in [-0.15, -0.1) is 0 Å². The van der Waals surface area contributed by atoms with Gasteiger partial charge in [0.2, 0.25) is 0 Å². The molecule has 186 valence electrons. The van der Waals surface area contributed by atoms with Crippen molar-refractivity contribution in [3.8, 4) is 16.8 Å². The van der Waals surface area contributed by atoms with Crippen LogP contribution in [0.4, 0.5) is 14.5 Å². The van der Waals surface area contributed by atoms with E-state index in [2.05, 4.69) is 10.4 Å². The van der Waals surface area contributed by atoms with Crippen LogP contribution in [-0.4, -0.2) is 30.4 Å². The van der Waals surface area contributed by atoms with Gasteiger partial charge in [0.25, 0.3) is 5.91 Å². The number of nitrogens with zero attached hydrogens (tertiary/aromatic N) is 2. The summed E-state index contributed by atoms with van der Waals surface area (Å²) in [6, 6.07) is 21.7.